The minimum atomic E-state index is -0.706. The number of pyridine rings is 1. The Morgan fingerprint density at radius 3 is 2.57 bits per heavy atom. The number of urea groups is 1. The van der Waals surface area contributed by atoms with Crippen molar-refractivity contribution in [2.45, 2.75) is 26.7 Å². The molecule has 3 N–H and O–H groups in total. The topological polar surface area (TPSA) is 118 Å². The van der Waals surface area contributed by atoms with Crippen LogP contribution in [0.25, 0.3) is 22.6 Å². The van der Waals surface area contributed by atoms with E-state index in [0.29, 0.717) is 35.9 Å². The van der Waals surface area contributed by atoms with Crippen molar-refractivity contribution < 1.29 is 24.2 Å². The Labute approximate surface area is 203 Å². The SMILES string of the molecule is CC(C)CNC(=O)NC(=O)COC(=O)c1c2c(nc3ccccc13)/C(=C\c1ccc(O)cc1)CC2. The van der Waals surface area contributed by atoms with Gasteiger partial charge in [0.1, 0.15) is 5.75 Å². The van der Waals surface area contributed by atoms with E-state index in [1.807, 2.05) is 50.3 Å². The zero-order chi connectivity index (χ0) is 24.9. The number of nitrogens with one attached hydrogen (secondary N) is 2. The molecule has 2 aromatic carbocycles. The monoisotopic (exact) mass is 473 g/mol. The fourth-order valence-corrected chi connectivity index (χ4v) is 3.99. The third kappa shape index (κ3) is 5.66. The molecule has 1 aliphatic rings. The lowest BCUT2D eigenvalue weighted by molar-refractivity contribution is -0.123. The van der Waals surface area contributed by atoms with Crippen LogP contribution >= 0.6 is 0 Å². The summed E-state index contributed by atoms with van der Waals surface area (Å²) in [5, 5.41) is 14.9. The first-order valence-corrected chi connectivity index (χ1v) is 11.5. The van der Waals surface area contributed by atoms with Crippen molar-refractivity contribution in [3.8, 4) is 5.75 Å². The highest BCUT2D eigenvalue weighted by molar-refractivity contribution is 6.08. The number of hydrogen-bond donors (Lipinski definition) is 3. The van der Waals surface area contributed by atoms with Crippen molar-refractivity contribution in [2.24, 2.45) is 5.92 Å². The van der Waals surface area contributed by atoms with Gasteiger partial charge in [0.05, 0.1) is 16.8 Å². The summed E-state index contributed by atoms with van der Waals surface area (Å²) < 4.78 is 5.31. The number of ether oxygens (including phenoxy) is 1. The molecule has 1 aliphatic carbocycles. The number of esters is 1. The van der Waals surface area contributed by atoms with E-state index in [4.69, 9.17) is 9.72 Å². The average molecular weight is 474 g/mol. The van der Waals surface area contributed by atoms with Gasteiger partial charge in [0, 0.05) is 11.9 Å². The molecular formula is C27H27N3O5. The summed E-state index contributed by atoms with van der Waals surface area (Å²) in [6.45, 7) is 3.73. The summed E-state index contributed by atoms with van der Waals surface area (Å²) in [6.07, 6.45) is 3.28. The first-order chi connectivity index (χ1) is 16.8. The number of nitrogens with zero attached hydrogens (tertiary/aromatic N) is 1. The Morgan fingerprint density at radius 1 is 1.09 bits per heavy atom. The molecule has 35 heavy (non-hydrogen) atoms. The number of phenolic OH excluding ortho intramolecular Hbond substituents is 1. The van der Waals surface area contributed by atoms with Crippen LogP contribution in [0.15, 0.2) is 48.5 Å². The summed E-state index contributed by atoms with van der Waals surface area (Å²) in [7, 11) is 0. The van der Waals surface area contributed by atoms with Gasteiger partial charge in [0.15, 0.2) is 6.61 Å². The van der Waals surface area contributed by atoms with Gasteiger partial charge in [-0.3, -0.25) is 10.1 Å². The van der Waals surface area contributed by atoms with Gasteiger partial charge in [-0.05, 0) is 59.7 Å². The molecule has 1 heterocycles. The van der Waals surface area contributed by atoms with Gasteiger partial charge in [-0.15, -0.1) is 0 Å². The molecule has 0 bridgehead atoms. The number of para-hydroxylation sites is 1. The number of benzene rings is 2. The summed E-state index contributed by atoms with van der Waals surface area (Å²) >= 11 is 0. The van der Waals surface area contributed by atoms with E-state index in [0.717, 1.165) is 22.4 Å². The van der Waals surface area contributed by atoms with Gasteiger partial charge < -0.3 is 15.2 Å². The van der Waals surface area contributed by atoms with Gasteiger partial charge in [0.25, 0.3) is 5.91 Å². The second-order valence-corrected chi connectivity index (χ2v) is 8.82. The standard InChI is InChI=1S/C27H27N3O5/c1-16(2)14-28-27(34)30-23(32)15-35-26(33)24-20-5-3-4-6-22(20)29-25-18(9-12-21(24)25)13-17-7-10-19(31)11-8-17/h3-8,10-11,13,16,31H,9,12,14-15H2,1-2H3,(H2,28,30,32,34)/b18-13-. The summed E-state index contributed by atoms with van der Waals surface area (Å²) in [5.41, 5.74) is 4.42. The molecule has 0 aliphatic heterocycles. The van der Waals surface area contributed by atoms with Crippen LogP contribution in [-0.4, -0.2) is 41.1 Å². The Morgan fingerprint density at radius 2 is 1.83 bits per heavy atom. The van der Waals surface area contributed by atoms with E-state index in [-0.39, 0.29) is 11.7 Å². The highest BCUT2D eigenvalue weighted by Gasteiger charge is 2.28. The van der Waals surface area contributed by atoms with Crippen molar-refractivity contribution >= 4 is 40.5 Å². The molecule has 3 aromatic rings. The van der Waals surface area contributed by atoms with Gasteiger partial charge in [-0.1, -0.05) is 44.2 Å². The maximum absolute atomic E-state index is 13.1. The summed E-state index contributed by atoms with van der Waals surface area (Å²) in [5.74, 6) is -0.913. The summed E-state index contributed by atoms with van der Waals surface area (Å²) in [4.78, 5) is 41.9. The molecule has 8 nitrogen and oxygen atoms in total. The number of fused-ring (bicyclic) bond motifs is 2. The van der Waals surface area contributed by atoms with Gasteiger partial charge in [-0.25, -0.2) is 14.6 Å². The number of aromatic hydroxyl groups is 1. The Kier molecular flexibility index (Phi) is 7.10. The fraction of sp³-hybridized carbons (Fsp3) is 0.259. The lowest BCUT2D eigenvalue weighted by Gasteiger charge is -2.13. The largest absolute Gasteiger partial charge is 0.508 e. The molecule has 0 fully saturated rings. The van der Waals surface area contributed by atoms with Crippen LogP contribution in [0.5, 0.6) is 5.75 Å². The molecule has 0 atom stereocenters. The predicted octanol–water partition coefficient (Wildman–Crippen LogP) is 4.07. The molecule has 0 radical (unpaired) electrons. The van der Waals surface area contributed by atoms with Crippen LogP contribution in [0, 0.1) is 5.92 Å². The fourth-order valence-electron chi connectivity index (χ4n) is 3.99. The predicted molar refractivity (Wildman–Crippen MR) is 133 cm³/mol. The average Bonchev–Trinajstić information content (AvgIpc) is 3.23. The van der Waals surface area contributed by atoms with Crippen LogP contribution < -0.4 is 10.6 Å². The van der Waals surface area contributed by atoms with Gasteiger partial charge >= 0.3 is 12.0 Å². The number of hydrogen-bond acceptors (Lipinski definition) is 6. The molecular weight excluding hydrogens is 446 g/mol. The van der Waals surface area contributed by atoms with Crippen LogP contribution in [0.3, 0.4) is 0 Å². The van der Waals surface area contributed by atoms with E-state index < -0.39 is 24.5 Å². The molecule has 180 valence electrons. The van der Waals surface area contributed by atoms with Crippen molar-refractivity contribution in [3.05, 3.63) is 70.9 Å². The van der Waals surface area contributed by atoms with Crippen molar-refractivity contribution in [3.63, 3.8) is 0 Å². The third-order valence-electron chi connectivity index (χ3n) is 5.64. The van der Waals surface area contributed by atoms with Crippen molar-refractivity contribution in [1.82, 2.24) is 15.6 Å². The van der Waals surface area contributed by atoms with E-state index in [1.165, 1.54) is 0 Å². The third-order valence-corrected chi connectivity index (χ3v) is 5.64. The molecule has 4 rings (SSSR count). The molecule has 8 heteroatoms. The molecule has 0 saturated heterocycles. The first kappa shape index (κ1) is 23.9. The zero-order valence-electron chi connectivity index (χ0n) is 19.6. The van der Waals surface area contributed by atoms with E-state index in [9.17, 15) is 19.5 Å². The minimum Gasteiger partial charge on any atom is -0.508 e. The highest BCUT2D eigenvalue weighted by Crippen LogP contribution is 2.37. The van der Waals surface area contributed by atoms with Crippen molar-refractivity contribution in [1.29, 1.82) is 0 Å². The summed E-state index contributed by atoms with van der Waals surface area (Å²) in [6, 6.07) is 13.5. The lowest BCUT2D eigenvalue weighted by Crippen LogP contribution is -2.42. The van der Waals surface area contributed by atoms with E-state index >= 15 is 0 Å². The molecule has 0 spiro atoms. The number of aromatic nitrogens is 1. The van der Waals surface area contributed by atoms with Gasteiger partial charge in [-0.2, -0.15) is 0 Å². The Hall–Kier alpha value is -4.20. The van der Waals surface area contributed by atoms with Crippen LogP contribution in [0.4, 0.5) is 4.79 Å². The number of carbonyl (C=O) groups excluding carboxylic acids is 3. The van der Waals surface area contributed by atoms with E-state index in [2.05, 4.69) is 10.6 Å². The lowest BCUT2D eigenvalue weighted by atomic mass is 10.0. The number of carbonyl (C=O) groups is 3. The highest BCUT2D eigenvalue weighted by atomic mass is 16.5. The maximum Gasteiger partial charge on any atom is 0.339 e. The van der Waals surface area contributed by atoms with Crippen LogP contribution in [0.1, 0.15) is 47.4 Å². The van der Waals surface area contributed by atoms with Crippen molar-refractivity contribution in [2.75, 3.05) is 13.2 Å². The first-order valence-electron chi connectivity index (χ1n) is 11.5. The van der Waals surface area contributed by atoms with Crippen LogP contribution in [-0.2, 0) is 16.0 Å². The molecule has 0 unspecified atom stereocenters. The molecule has 0 saturated carbocycles. The Balaban J connectivity index is 1.57. The minimum absolute atomic E-state index is 0.189. The molecule has 3 amide bonds. The quantitative estimate of drug-likeness (QED) is 0.465. The second-order valence-electron chi connectivity index (χ2n) is 8.82. The number of imide groups is 1. The smallest absolute Gasteiger partial charge is 0.339 e. The van der Waals surface area contributed by atoms with Gasteiger partial charge in [0.2, 0.25) is 0 Å². The number of phenols is 1. The number of allylic oxidation sites excluding steroid dienone is 1. The number of amides is 3. The Bertz CT molecular complexity index is 1310. The van der Waals surface area contributed by atoms with Crippen LogP contribution in [0.2, 0.25) is 0 Å². The van der Waals surface area contributed by atoms with E-state index in [1.54, 1.807) is 18.2 Å². The number of rotatable bonds is 6. The zero-order valence-corrected chi connectivity index (χ0v) is 19.6. The normalized spacial score (nSPS) is 13.6. The molecule has 1 aromatic heterocycles. The second kappa shape index (κ2) is 10.4. The maximum atomic E-state index is 13.1.